The van der Waals surface area contributed by atoms with Crippen molar-refractivity contribution >= 4 is 23.4 Å². The number of halogens is 3. The zero-order chi connectivity index (χ0) is 15.4. The molecule has 0 radical (unpaired) electrons. The third-order valence-electron chi connectivity index (χ3n) is 3.08. The third kappa shape index (κ3) is 4.19. The monoisotopic (exact) mass is 327 g/mol. The molecule has 2 aromatic rings. The second kappa shape index (κ2) is 7.25. The molecule has 1 atom stereocenters. The lowest BCUT2D eigenvalue weighted by molar-refractivity contribution is 0.506. The van der Waals surface area contributed by atoms with Crippen molar-refractivity contribution in [2.75, 3.05) is 6.54 Å². The number of rotatable bonds is 5. The molecule has 1 nitrogen and oxygen atoms in total. The van der Waals surface area contributed by atoms with Crippen LogP contribution in [0.5, 0.6) is 0 Å². The first-order valence-corrected chi connectivity index (χ1v) is 7.86. The summed E-state index contributed by atoms with van der Waals surface area (Å²) in [5.74, 6) is -1.68. The number of benzene rings is 2. The minimum absolute atomic E-state index is 0.171. The van der Waals surface area contributed by atoms with Crippen LogP contribution in [0.2, 0.25) is 5.02 Å². The van der Waals surface area contributed by atoms with E-state index >= 15 is 0 Å². The van der Waals surface area contributed by atoms with Crippen LogP contribution in [0.1, 0.15) is 25.5 Å². The summed E-state index contributed by atoms with van der Waals surface area (Å²) in [6.07, 6.45) is 0. The van der Waals surface area contributed by atoms with Gasteiger partial charge in [0.25, 0.3) is 0 Å². The molecule has 0 amide bonds. The average molecular weight is 328 g/mol. The van der Waals surface area contributed by atoms with Crippen LogP contribution in [0.25, 0.3) is 0 Å². The molecule has 1 N–H and O–H groups in total. The molecule has 0 fully saturated rings. The van der Waals surface area contributed by atoms with Gasteiger partial charge in [0, 0.05) is 20.9 Å². The number of nitrogens with one attached hydrogen (secondary N) is 1. The summed E-state index contributed by atoms with van der Waals surface area (Å²) in [6.45, 7) is 4.95. The maximum absolute atomic E-state index is 13.2. The molecule has 112 valence electrons. The number of hydrogen-bond donors (Lipinski definition) is 1. The van der Waals surface area contributed by atoms with Gasteiger partial charge in [0.05, 0.1) is 0 Å². The molecule has 5 heteroatoms. The Bertz CT molecular complexity index is 634. The van der Waals surface area contributed by atoms with Gasteiger partial charge in [0.15, 0.2) is 11.6 Å². The minimum atomic E-state index is -0.844. The average Bonchev–Trinajstić information content (AvgIpc) is 2.43. The zero-order valence-electron chi connectivity index (χ0n) is 11.8. The Balaban J connectivity index is 2.18. The second-order valence-electron chi connectivity index (χ2n) is 4.64. The zero-order valence-corrected chi connectivity index (χ0v) is 13.4. The van der Waals surface area contributed by atoms with E-state index in [0.29, 0.717) is 9.92 Å². The van der Waals surface area contributed by atoms with E-state index in [1.165, 1.54) is 17.8 Å². The molecule has 2 aromatic carbocycles. The van der Waals surface area contributed by atoms with Crippen molar-refractivity contribution in [2.24, 2.45) is 0 Å². The van der Waals surface area contributed by atoms with Crippen LogP contribution in [-0.4, -0.2) is 6.54 Å². The van der Waals surface area contributed by atoms with E-state index in [-0.39, 0.29) is 6.04 Å². The van der Waals surface area contributed by atoms with Crippen molar-refractivity contribution in [1.82, 2.24) is 5.32 Å². The molecule has 0 aliphatic rings. The molecule has 0 saturated heterocycles. The largest absolute Gasteiger partial charge is 0.310 e. The van der Waals surface area contributed by atoms with Crippen LogP contribution < -0.4 is 5.32 Å². The summed E-state index contributed by atoms with van der Waals surface area (Å²) >= 11 is 7.64. The van der Waals surface area contributed by atoms with Crippen LogP contribution >= 0.6 is 23.4 Å². The topological polar surface area (TPSA) is 12.0 Å². The molecule has 2 rings (SSSR count). The summed E-state index contributed by atoms with van der Waals surface area (Å²) in [5, 5.41) is 3.97. The van der Waals surface area contributed by atoms with Gasteiger partial charge in [-0.25, -0.2) is 8.78 Å². The van der Waals surface area contributed by atoms with E-state index in [0.717, 1.165) is 23.1 Å². The van der Waals surface area contributed by atoms with Crippen LogP contribution in [0.4, 0.5) is 8.78 Å². The summed E-state index contributed by atoms with van der Waals surface area (Å²) in [6, 6.07) is 9.76. The Morgan fingerprint density at radius 2 is 1.76 bits per heavy atom. The highest BCUT2D eigenvalue weighted by atomic mass is 35.5. The fraction of sp³-hybridized carbons (Fsp3) is 0.250. The van der Waals surface area contributed by atoms with Gasteiger partial charge in [0.2, 0.25) is 0 Å². The first-order valence-electron chi connectivity index (χ1n) is 6.67. The lowest BCUT2D eigenvalue weighted by Crippen LogP contribution is -2.17. The molecule has 0 aliphatic heterocycles. The predicted molar refractivity (Wildman–Crippen MR) is 84.0 cm³/mol. The standard InChI is InChI=1S/C16H16ClF2NS/c1-3-20-10(2)13-6-4-11(8-14(13)17)21-12-5-7-15(18)16(19)9-12/h4-10,20H,3H2,1-2H3. The van der Waals surface area contributed by atoms with E-state index in [2.05, 4.69) is 5.32 Å². The normalized spacial score (nSPS) is 12.4. The van der Waals surface area contributed by atoms with Crippen LogP contribution in [-0.2, 0) is 0 Å². The highest BCUT2D eigenvalue weighted by Crippen LogP contribution is 2.33. The maximum Gasteiger partial charge on any atom is 0.159 e. The summed E-state index contributed by atoms with van der Waals surface area (Å²) in [7, 11) is 0. The molecular weight excluding hydrogens is 312 g/mol. The van der Waals surface area contributed by atoms with E-state index in [1.54, 1.807) is 6.07 Å². The Kier molecular flexibility index (Phi) is 5.62. The van der Waals surface area contributed by atoms with Crippen molar-refractivity contribution in [3.8, 4) is 0 Å². The van der Waals surface area contributed by atoms with Gasteiger partial charge in [-0.15, -0.1) is 0 Å². The molecule has 21 heavy (non-hydrogen) atoms. The summed E-state index contributed by atoms with van der Waals surface area (Å²) < 4.78 is 26.1. The van der Waals surface area contributed by atoms with Crippen molar-refractivity contribution < 1.29 is 8.78 Å². The first kappa shape index (κ1) is 16.3. The van der Waals surface area contributed by atoms with Gasteiger partial charge in [-0.3, -0.25) is 0 Å². The molecule has 0 saturated carbocycles. The highest BCUT2D eigenvalue weighted by molar-refractivity contribution is 7.99. The molecular formula is C16H16ClF2NS. The lowest BCUT2D eigenvalue weighted by atomic mass is 10.1. The van der Waals surface area contributed by atoms with Crippen molar-refractivity contribution in [3.05, 3.63) is 58.6 Å². The van der Waals surface area contributed by atoms with Crippen molar-refractivity contribution in [3.63, 3.8) is 0 Å². The molecule has 0 spiro atoms. The Morgan fingerprint density at radius 1 is 1.10 bits per heavy atom. The van der Waals surface area contributed by atoms with Crippen molar-refractivity contribution in [2.45, 2.75) is 29.7 Å². The molecule has 0 aliphatic carbocycles. The predicted octanol–water partition coefficient (Wildman–Crippen LogP) is 5.44. The Hall–Kier alpha value is -1.10. The van der Waals surface area contributed by atoms with Crippen LogP contribution in [0.15, 0.2) is 46.2 Å². The van der Waals surface area contributed by atoms with Crippen LogP contribution in [0, 0.1) is 11.6 Å². The second-order valence-corrected chi connectivity index (χ2v) is 6.19. The van der Waals surface area contributed by atoms with Gasteiger partial charge >= 0.3 is 0 Å². The van der Waals surface area contributed by atoms with Gasteiger partial charge in [-0.1, -0.05) is 36.4 Å². The molecule has 0 bridgehead atoms. The molecule has 1 unspecified atom stereocenters. The molecule has 0 aromatic heterocycles. The van der Waals surface area contributed by atoms with Gasteiger partial charge in [-0.05, 0) is 49.4 Å². The quantitative estimate of drug-likeness (QED) is 0.784. The lowest BCUT2D eigenvalue weighted by Gasteiger charge is -2.15. The van der Waals surface area contributed by atoms with E-state index in [4.69, 9.17) is 11.6 Å². The third-order valence-corrected chi connectivity index (χ3v) is 4.38. The maximum atomic E-state index is 13.2. The van der Waals surface area contributed by atoms with Crippen molar-refractivity contribution in [1.29, 1.82) is 0 Å². The van der Waals surface area contributed by atoms with Gasteiger partial charge in [-0.2, -0.15) is 0 Å². The molecule has 0 heterocycles. The number of hydrogen-bond acceptors (Lipinski definition) is 2. The van der Waals surface area contributed by atoms with Gasteiger partial charge < -0.3 is 5.32 Å². The van der Waals surface area contributed by atoms with E-state index in [9.17, 15) is 8.78 Å². The van der Waals surface area contributed by atoms with Gasteiger partial charge in [0.1, 0.15) is 0 Å². The smallest absolute Gasteiger partial charge is 0.159 e. The van der Waals surface area contributed by atoms with E-state index in [1.807, 2.05) is 32.0 Å². The van der Waals surface area contributed by atoms with E-state index < -0.39 is 11.6 Å². The summed E-state index contributed by atoms with van der Waals surface area (Å²) in [5.41, 5.74) is 1.02. The van der Waals surface area contributed by atoms with Crippen LogP contribution in [0.3, 0.4) is 0 Å². The first-order chi connectivity index (χ1) is 10.0. The Labute approximate surface area is 132 Å². The highest BCUT2D eigenvalue weighted by Gasteiger charge is 2.10. The minimum Gasteiger partial charge on any atom is -0.310 e. The Morgan fingerprint density at radius 3 is 2.38 bits per heavy atom. The summed E-state index contributed by atoms with van der Waals surface area (Å²) in [4.78, 5) is 1.52. The SMILES string of the molecule is CCNC(C)c1ccc(Sc2ccc(F)c(F)c2)cc1Cl. The fourth-order valence-corrected chi connectivity index (χ4v) is 3.31. The fourth-order valence-electron chi connectivity index (χ4n) is 2.02.